The molecule has 0 aromatic heterocycles. The van der Waals surface area contributed by atoms with Crippen LogP contribution in [0.5, 0.6) is 0 Å². The average molecular weight is 237 g/mol. The van der Waals surface area contributed by atoms with E-state index in [2.05, 4.69) is 17.2 Å². The van der Waals surface area contributed by atoms with Crippen molar-refractivity contribution >= 4 is 0 Å². The maximum absolute atomic E-state index is 6.04. The number of allylic oxidation sites excluding steroid dienone is 1. The Labute approximate surface area is 103 Å². The Morgan fingerprint density at radius 3 is 2.59 bits per heavy atom. The smallest absolute Gasteiger partial charge is 0.0831 e. The van der Waals surface area contributed by atoms with E-state index in [4.69, 9.17) is 17.2 Å². The Hall–Kier alpha value is -1.30. The fourth-order valence-electron chi connectivity index (χ4n) is 1.89. The Bertz CT molecular complexity index is 363. The molecular weight excluding hydrogens is 214 g/mol. The molecule has 0 amide bonds. The standard InChI is InChI=1S/C12H23N5/c1-7-4-5-17-6-9(7)10(12(15)16-3)11(14)8(2)13/h12,16-17H,1,4-6,13-15H2,2-3H3/b10-9+,11-8+. The Morgan fingerprint density at radius 1 is 1.47 bits per heavy atom. The van der Waals surface area contributed by atoms with Crippen molar-refractivity contribution in [2.24, 2.45) is 17.2 Å². The van der Waals surface area contributed by atoms with E-state index in [1.54, 1.807) is 14.0 Å². The van der Waals surface area contributed by atoms with Gasteiger partial charge in [0, 0.05) is 17.8 Å². The predicted molar refractivity (Wildman–Crippen MR) is 71.8 cm³/mol. The van der Waals surface area contributed by atoms with Gasteiger partial charge >= 0.3 is 0 Å². The van der Waals surface area contributed by atoms with Gasteiger partial charge in [0.1, 0.15) is 0 Å². The molecule has 1 fully saturated rings. The quantitative estimate of drug-likeness (QED) is 0.425. The van der Waals surface area contributed by atoms with Crippen LogP contribution < -0.4 is 27.8 Å². The van der Waals surface area contributed by atoms with Crippen LogP contribution in [0, 0.1) is 0 Å². The van der Waals surface area contributed by atoms with Crippen molar-refractivity contribution in [1.29, 1.82) is 0 Å². The number of piperidine rings is 1. The molecule has 1 aliphatic heterocycles. The normalized spacial score (nSPS) is 23.1. The fraction of sp³-hybridized carbons (Fsp3) is 0.500. The van der Waals surface area contributed by atoms with Crippen molar-refractivity contribution in [1.82, 2.24) is 10.6 Å². The topological polar surface area (TPSA) is 102 Å². The van der Waals surface area contributed by atoms with E-state index in [0.717, 1.165) is 36.2 Å². The van der Waals surface area contributed by atoms with Crippen molar-refractivity contribution in [2.75, 3.05) is 20.1 Å². The van der Waals surface area contributed by atoms with E-state index >= 15 is 0 Å². The summed E-state index contributed by atoms with van der Waals surface area (Å²) in [6.45, 7) is 7.52. The fourth-order valence-corrected chi connectivity index (χ4v) is 1.89. The van der Waals surface area contributed by atoms with Gasteiger partial charge in [0.05, 0.1) is 11.9 Å². The molecule has 8 N–H and O–H groups in total. The summed E-state index contributed by atoms with van der Waals surface area (Å²) in [5, 5.41) is 6.30. The molecule has 0 radical (unpaired) electrons. The number of hydrogen-bond acceptors (Lipinski definition) is 5. The van der Waals surface area contributed by atoms with Gasteiger partial charge in [-0.25, -0.2) is 0 Å². The Morgan fingerprint density at radius 2 is 2.12 bits per heavy atom. The summed E-state index contributed by atoms with van der Waals surface area (Å²) in [5.41, 5.74) is 22.0. The van der Waals surface area contributed by atoms with Crippen LogP contribution in [0.4, 0.5) is 0 Å². The lowest BCUT2D eigenvalue weighted by atomic mass is 9.92. The van der Waals surface area contributed by atoms with Crippen LogP contribution >= 0.6 is 0 Å². The van der Waals surface area contributed by atoms with Gasteiger partial charge in [-0.15, -0.1) is 0 Å². The van der Waals surface area contributed by atoms with Crippen molar-refractivity contribution in [3.05, 3.63) is 34.7 Å². The second kappa shape index (κ2) is 5.86. The third-order valence-electron chi connectivity index (χ3n) is 2.99. The zero-order valence-electron chi connectivity index (χ0n) is 10.6. The van der Waals surface area contributed by atoms with E-state index in [-0.39, 0.29) is 6.17 Å². The number of hydrogen-bond donors (Lipinski definition) is 5. The molecule has 5 nitrogen and oxygen atoms in total. The van der Waals surface area contributed by atoms with Crippen LogP contribution in [0.15, 0.2) is 34.7 Å². The van der Waals surface area contributed by atoms with Gasteiger partial charge in [-0.1, -0.05) is 6.58 Å². The van der Waals surface area contributed by atoms with E-state index in [0.29, 0.717) is 11.4 Å². The van der Waals surface area contributed by atoms with Crippen molar-refractivity contribution in [3.63, 3.8) is 0 Å². The van der Waals surface area contributed by atoms with Crippen LogP contribution in [0.3, 0.4) is 0 Å². The number of nitrogens with two attached hydrogens (primary N) is 3. The van der Waals surface area contributed by atoms with E-state index in [9.17, 15) is 0 Å². The van der Waals surface area contributed by atoms with Crippen molar-refractivity contribution < 1.29 is 0 Å². The predicted octanol–water partition coefficient (Wildman–Crippen LogP) is -0.514. The molecular formula is C12H23N5. The highest BCUT2D eigenvalue weighted by atomic mass is 15.0. The van der Waals surface area contributed by atoms with Crippen LogP contribution in [0.2, 0.25) is 0 Å². The first-order chi connectivity index (χ1) is 7.99. The summed E-state index contributed by atoms with van der Waals surface area (Å²) in [7, 11) is 1.80. The van der Waals surface area contributed by atoms with Crippen LogP contribution in [0.1, 0.15) is 13.3 Å². The van der Waals surface area contributed by atoms with Gasteiger partial charge in [0.2, 0.25) is 0 Å². The highest BCUT2D eigenvalue weighted by Crippen LogP contribution is 2.23. The average Bonchev–Trinajstić information content (AvgIpc) is 2.31. The molecule has 0 spiro atoms. The minimum atomic E-state index is -0.333. The monoisotopic (exact) mass is 237 g/mol. The van der Waals surface area contributed by atoms with Crippen LogP contribution in [-0.4, -0.2) is 26.3 Å². The molecule has 1 aliphatic rings. The van der Waals surface area contributed by atoms with Crippen molar-refractivity contribution in [3.8, 4) is 0 Å². The Kier molecular flexibility index (Phi) is 4.74. The molecule has 0 bridgehead atoms. The number of rotatable bonds is 3. The van der Waals surface area contributed by atoms with Crippen molar-refractivity contribution in [2.45, 2.75) is 19.5 Å². The van der Waals surface area contributed by atoms with Crippen LogP contribution in [-0.2, 0) is 0 Å². The van der Waals surface area contributed by atoms with Crippen LogP contribution in [0.25, 0.3) is 0 Å². The van der Waals surface area contributed by atoms with Gasteiger partial charge in [-0.2, -0.15) is 0 Å². The summed E-state index contributed by atoms with van der Waals surface area (Å²) >= 11 is 0. The van der Waals surface area contributed by atoms with Gasteiger partial charge in [-0.05, 0) is 38.1 Å². The summed E-state index contributed by atoms with van der Waals surface area (Å²) in [6.07, 6.45) is 0.576. The first-order valence-corrected chi connectivity index (χ1v) is 5.76. The zero-order chi connectivity index (χ0) is 13.0. The molecule has 1 saturated heterocycles. The third-order valence-corrected chi connectivity index (χ3v) is 2.99. The molecule has 96 valence electrons. The molecule has 1 atom stereocenters. The maximum atomic E-state index is 6.04. The molecule has 1 unspecified atom stereocenters. The maximum Gasteiger partial charge on any atom is 0.0831 e. The largest absolute Gasteiger partial charge is 0.401 e. The summed E-state index contributed by atoms with van der Waals surface area (Å²) in [6, 6.07) is 0. The van der Waals surface area contributed by atoms with Gasteiger partial charge < -0.3 is 27.8 Å². The van der Waals surface area contributed by atoms with Gasteiger partial charge in [0.25, 0.3) is 0 Å². The summed E-state index contributed by atoms with van der Waals surface area (Å²) in [5.74, 6) is 0. The lowest BCUT2D eigenvalue weighted by Crippen LogP contribution is -2.41. The first-order valence-electron chi connectivity index (χ1n) is 5.76. The molecule has 0 aromatic rings. The number of nitrogens with one attached hydrogen (secondary N) is 2. The zero-order valence-corrected chi connectivity index (χ0v) is 10.6. The molecule has 0 aliphatic carbocycles. The third kappa shape index (κ3) is 3.09. The van der Waals surface area contributed by atoms with E-state index < -0.39 is 0 Å². The second-order valence-electron chi connectivity index (χ2n) is 4.29. The first kappa shape index (κ1) is 13.8. The minimum Gasteiger partial charge on any atom is -0.401 e. The highest BCUT2D eigenvalue weighted by Gasteiger charge is 2.20. The van der Waals surface area contributed by atoms with Gasteiger partial charge in [-0.3, -0.25) is 0 Å². The molecule has 1 heterocycles. The highest BCUT2D eigenvalue weighted by molar-refractivity contribution is 5.48. The lowest BCUT2D eigenvalue weighted by Gasteiger charge is -2.26. The molecule has 17 heavy (non-hydrogen) atoms. The molecule has 5 heteroatoms. The second-order valence-corrected chi connectivity index (χ2v) is 4.29. The molecule has 0 aromatic carbocycles. The summed E-state index contributed by atoms with van der Waals surface area (Å²) < 4.78 is 0. The number of likely N-dealkylation sites (N-methyl/N-ethyl adjacent to an activating group) is 1. The SMILES string of the molecule is C=C1CCNC/C1=C(/C(N)=C(/C)N)C(N)NC. The Balaban J connectivity index is 3.26. The lowest BCUT2D eigenvalue weighted by molar-refractivity contribution is 0.631. The van der Waals surface area contributed by atoms with Gasteiger partial charge in [0.15, 0.2) is 0 Å². The van der Waals surface area contributed by atoms with E-state index in [1.165, 1.54) is 0 Å². The molecule has 0 saturated carbocycles. The molecule has 1 rings (SSSR count). The minimum absolute atomic E-state index is 0.333. The van der Waals surface area contributed by atoms with E-state index in [1.807, 2.05) is 0 Å². The summed E-state index contributed by atoms with van der Waals surface area (Å²) in [4.78, 5) is 0.